The second-order valence-corrected chi connectivity index (χ2v) is 6.60. The van der Waals surface area contributed by atoms with Crippen molar-refractivity contribution >= 4 is 0 Å². The summed E-state index contributed by atoms with van der Waals surface area (Å²) >= 11 is 0. The Morgan fingerprint density at radius 2 is 1.95 bits per heavy atom. The van der Waals surface area contributed by atoms with E-state index in [-0.39, 0.29) is 12.6 Å². The zero-order valence-corrected chi connectivity index (χ0v) is 12.2. The van der Waals surface area contributed by atoms with Gasteiger partial charge in [0.2, 0.25) is 0 Å². The van der Waals surface area contributed by atoms with Crippen molar-refractivity contribution in [2.45, 2.75) is 58.0 Å². The molecule has 1 aromatic rings. The van der Waals surface area contributed by atoms with Gasteiger partial charge in [-0.1, -0.05) is 50.6 Å². The van der Waals surface area contributed by atoms with Crippen molar-refractivity contribution in [1.29, 1.82) is 0 Å². The average Bonchev–Trinajstić information content (AvgIpc) is 2.58. The number of rotatable bonds is 4. The first-order valence-electron chi connectivity index (χ1n) is 7.52. The van der Waals surface area contributed by atoms with Gasteiger partial charge in [-0.05, 0) is 36.7 Å². The second kappa shape index (κ2) is 6.53. The van der Waals surface area contributed by atoms with E-state index in [9.17, 15) is 5.11 Å². The van der Waals surface area contributed by atoms with Crippen LogP contribution in [-0.4, -0.2) is 17.8 Å². The van der Waals surface area contributed by atoms with Crippen molar-refractivity contribution in [2.24, 2.45) is 5.41 Å². The molecule has 2 atom stereocenters. The van der Waals surface area contributed by atoms with E-state index in [1.54, 1.807) is 0 Å². The summed E-state index contributed by atoms with van der Waals surface area (Å²) < 4.78 is 0. The highest BCUT2D eigenvalue weighted by molar-refractivity contribution is 5.19. The van der Waals surface area contributed by atoms with Gasteiger partial charge in [-0.3, -0.25) is 0 Å². The maximum Gasteiger partial charge on any atom is 0.0626 e. The van der Waals surface area contributed by atoms with Gasteiger partial charge in [-0.15, -0.1) is 0 Å². The molecule has 0 bridgehead atoms. The van der Waals surface area contributed by atoms with E-state index >= 15 is 0 Å². The van der Waals surface area contributed by atoms with Gasteiger partial charge in [-0.25, -0.2) is 0 Å². The highest BCUT2D eigenvalue weighted by Crippen LogP contribution is 2.34. The summed E-state index contributed by atoms with van der Waals surface area (Å²) in [6.07, 6.45) is 6.33. The van der Waals surface area contributed by atoms with E-state index in [2.05, 4.69) is 31.3 Å². The molecule has 2 rings (SSSR count). The highest BCUT2D eigenvalue weighted by atomic mass is 16.3. The fraction of sp³-hybridized carbons (Fsp3) is 0.647. The smallest absolute Gasteiger partial charge is 0.0626 e. The molecule has 0 amide bonds. The van der Waals surface area contributed by atoms with Gasteiger partial charge >= 0.3 is 0 Å². The first-order chi connectivity index (χ1) is 9.11. The summed E-state index contributed by atoms with van der Waals surface area (Å²) in [4.78, 5) is 0. The Balaban J connectivity index is 1.95. The Morgan fingerprint density at radius 1 is 1.21 bits per heavy atom. The van der Waals surface area contributed by atoms with Crippen molar-refractivity contribution in [3.63, 3.8) is 0 Å². The van der Waals surface area contributed by atoms with Crippen LogP contribution in [0.25, 0.3) is 0 Å². The molecule has 0 spiro atoms. The fourth-order valence-electron chi connectivity index (χ4n) is 3.05. The van der Waals surface area contributed by atoms with Crippen LogP contribution in [0.15, 0.2) is 30.3 Å². The quantitative estimate of drug-likeness (QED) is 0.811. The Labute approximate surface area is 117 Å². The SMILES string of the molecule is CC1(C)CCCC(NC(CO)c2ccccc2)CC1. The Morgan fingerprint density at radius 3 is 2.63 bits per heavy atom. The molecular formula is C17H27NO. The predicted molar refractivity (Wildman–Crippen MR) is 80.1 cm³/mol. The fourth-order valence-corrected chi connectivity index (χ4v) is 3.05. The lowest BCUT2D eigenvalue weighted by Gasteiger charge is -2.25. The van der Waals surface area contributed by atoms with Crippen molar-refractivity contribution in [1.82, 2.24) is 5.32 Å². The minimum absolute atomic E-state index is 0.0763. The van der Waals surface area contributed by atoms with Gasteiger partial charge in [0.25, 0.3) is 0 Å². The van der Waals surface area contributed by atoms with E-state index in [4.69, 9.17) is 0 Å². The lowest BCUT2D eigenvalue weighted by molar-refractivity contribution is 0.226. The number of benzene rings is 1. The normalized spacial score (nSPS) is 24.7. The molecule has 1 saturated carbocycles. The lowest BCUT2D eigenvalue weighted by atomic mass is 9.85. The highest BCUT2D eigenvalue weighted by Gasteiger charge is 2.25. The third-order valence-corrected chi connectivity index (χ3v) is 4.40. The molecule has 0 radical (unpaired) electrons. The summed E-state index contributed by atoms with van der Waals surface area (Å²) in [5.74, 6) is 0. The minimum atomic E-state index is 0.0763. The standard InChI is InChI=1S/C17H27NO/c1-17(2)11-6-9-15(10-12-17)18-16(13-19)14-7-4-3-5-8-14/h3-5,7-8,15-16,18-19H,6,9-13H2,1-2H3. The molecule has 19 heavy (non-hydrogen) atoms. The molecular weight excluding hydrogens is 234 g/mol. The monoisotopic (exact) mass is 261 g/mol. The molecule has 1 aromatic carbocycles. The van der Waals surface area contributed by atoms with Crippen LogP contribution in [0.5, 0.6) is 0 Å². The van der Waals surface area contributed by atoms with E-state index in [0.717, 1.165) is 0 Å². The molecule has 2 nitrogen and oxygen atoms in total. The molecule has 1 fully saturated rings. The lowest BCUT2D eigenvalue weighted by Crippen LogP contribution is -2.34. The summed E-state index contributed by atoms with van der Waals surface area (Å²) in [5, 5.41) is 13.3. The Bertz CT molecular complexity index is 374. The largest absolute Gasteiger partial charge is 0.394 e. The van der Waals surface area contributed by atoms with Gasteiger partial charge in [0, 0.05) is 6.04 Å². The molecule has 0 aromatic heterocycles. The molecule has 1 aliphatic carbocycles. The van der Waals surface area contributed by atoms with Crippen LogP contribution in [0.2, 0.25) is 0 Å². The van der Waals surface area contributed by atoms with E-state index in [0.29, 0.717) is 11.5 Å². The van der Waals surface area contributed by atoms with Crippen molar-refractivity contribution in [3.8, 4) is 0 Å². The van der Waals surface area contributed by atoms with Crippen LogP contribution >= 0.6 is 0 Å². The zero-order chi connectivity index (χ0) is 13.7. The van der Waals surface area contributed by atoms with Crippen LogP contribution in [0.4, 0.5) is 0 Å². The van der Waals surface area contributed by atoms with E-state index in [1.807, 2.05) is 18.2 Å². The molecule has 1 aliphatic rings. The van der Waals surface area contributed by atoms with Crippen LogP contribution in [0.3, 0.4) is 0 Å². The molecule has 2 N–H and O–H groups in total. The first kappa shape index (κ1) is 14.5. The summed E-state index contributed by atoms with van der Waals surface area (Å²) in [5.41, 5.74) is 1.67. The number of aliphatic hydroxyl groups excluding tert-OH is 1. The van der Waals surface area contributed by atoms with Crippen molar-refractivity contribution < 1.29 is 5.11 Å². The van der Waals surface area contributed by atoms with Crippen molar-refractivity contribution in [2.75, 3.05) is 6.61 Å². The third kappa shape index (κ3) is 4.32. The van der Waals surface area contributed by atoms with Crippen molar-refractivity contribution in [3.05, 3.63) is 35.9 Å². The van der Waals surface area contributed by atoms with Crippen LogP contribution in [0, 0.1) is 5.41 Å². The molecule has 2 heteroatoms. The summed E-state index contributed by atoms with van der Waals surface area (Å²) in [6, 6.07) is 10.9. The molecule has 2 unspecified atom stereocenters. The summed E-state index contributed by atoms with van der Waals surface area (Å²) in [7, 11) is 0. The molecule has 0 heterocycles. The number of nitrogens with one attached hydrogen (secondary N) is 1. The second-order valence-electron chi connectivity index (χ2n) is 6.60. The topological polar surface area (TPSA) is 32.3 Å². The number of hydrogen-bond donors (Lipinski definition) is 2. The van der Waals surface area contributed by atoms with Gasteiger partial charge in [0.05, 0.1) is 12.6 Å². The first-order valence-corrected chi connectivity index (χ1v) is 7.52. The minimum Gasteiger partial charge on any atom is -0.394 e. The van der Waals surface area contributed by atoms with E-state index < -0.39 is 0 Å². The molecule has 0 saturated heterocycles. The predicted octanol–water partition coefficient (Wildman–Crippen LogP) is 3.67. The Kier molecular flexibility index (Phi) is 5.00. The third-order valence-electron chi connectivity index (χ3n) is 4.40. The van der Waals surface area contributed by atoms with Gasteiger partial charge in [-0.2, -0.15) is 0 Å². The Hall–Kier alpha value is -0.860. The zero-order valence-electron chi connectivity index (χ0n) is 12.2. The number of aliphatic hydroxyl groups is 1. The maximum absolute atomic E-state index is 9.62. The molecule has 0 aliphatic heterocycles. The van der Waals surface area contributed by atoms with Crippen LogP contribution < -0.4 is 5.32 Å². The van der Waals surface area contributed by atoms with Gasteiger partial charge in [0.1, 0.15) is 0 Å². The summed E-state index contributed by atoms with van der Waals surface area (Å²) in [6.45, 7) is 4.91. The van der Waals surface area contributed by atoms with Crippen LogP contribution in [-0.2, 0) is 0 Å². The van der Waals surface area contributed by atoms with Crippen LogP contribution in [0.1, 0.15) is 57.6 Å². The van der Waals surface area contributed by atoms with Gasteiger partial charge < -0.3 is 10.4 Å². The molecule has 106 valence electrons. The van der Waals surface area contributed by atoms with Gasteiger partial charge in [0.15, 0.2) is 0 Å². The maximum atomic E-state index is 9.62. The van der Waals surface area contributed by atoms with E-state index in [1.165, 1.54) is 37.7 Å². The average molecular weight is 261 g/mol. The number of hydrogen-bond acceptors (Lipinski definition) is 2.